The topological polar surface area (TPSA) is 38.5 Å². The third-order valence-corrected chi connectivity index (χ3v) is 4.06. The Morgan fingerprint density at radius 3 is 2.39 bits per heavy atom. The van der Waals surface area contributed by atoms with Gasteiger partial charge in [-0.15, -0.1) is 11.8 Å². The Morgan fingerprint density at radius 1 is 1.33 bits per heavy atom. The van der Waals surface area contributed by atoms with E-state index in [0.29, 0.717) is 12.6 Å². The summed E-state index contributed by atoms with van der Waals surface area (Å²) in [7, 11) is 3.83. The van der Waals surface area contributed by atoms with E-state index < -0.39 is 0 Å². The Hall–Kier alpha value is -0.550. The number of rotatable bonds is 7. The Balaban J connectivity index is 2.80. The van der Waals surface area contributed by atoms with Crippen molar-refractivity contribution in [3.05, 3.63) is 29.8 Å². The van der Waals surface area contributed by atoms with Crippen molar-refractivity contribution in [1.29, 1.82) is 0 Å². The zero-order valence-corrected chi connectivity index (χ0v) is 12.5. The zero-order valence-electron chi connectivity index (χ0n) is 11.7. The van der Waals surface area contributed by atoms with E-state index in [9.17, 15) is 0 Å². The lowest BCUT2D eigenvalue weighted by Crippen LogP contribution is -2.39. The normalized spacial score (nSPS) is 14.8. The van der Waals surface area contributed by atoms with Crippen LogP contribution in [0, 0.1) is 0 Å². The Kier molecular flexibility index (Phi) is 6.71. The average molecular weight is 268 g/mol. The smallest absolute Gasteiger partial charge is 0.0615 e. The predicted molar refractivity (Wildman–Crippen MR) is 79.1 cm³/mol. The van der Waals surface area contributed by atoms with E-state index in [0.717, 1.165) is 6.61 Å². The summed E-state index contributed by atoms with van der Waals surface area (Å²) in [6.45, 7) is 3.49. The minimum absolute atomic E-state index is 0.242. The van der Waals surface area contributed by atoms with Crippen LogP contribution in [0.2, 0.25) is 0 Å². The van der Waals surface area contributed by atoms with Crippen molar-refractivity contribution in [2.75, 3.05) is 33.6 Å². The van der Waals surface area contributed by atoms with Gasteiger partial charge in [0, 0.05) is 30.6 Å². The minimum Gasteiger partial charge on any atom is -0.383 e. The lowest BCUT2D eigenvalue weighted by molar-refractivity contribution is 0.0910. The van der Waals surface area contributed by atoms with Crippen LogP contribution in [0.4, 0.5) is 0 Å². The van der Waals surface area contributed by atoms with E-state index in [1.54, 1.807) is 18.9 Å². The average Bonchev–Trinajstić information content (AvgIpc) is 2.40. The van der Waals surface area contributed by atoms with Gasteiger partial charge in [0.05, 0.1) is 6.61 Å². The second-order valence-corrected chi connectivity index (χ2v) is 5.37. The monoisotopic (exact) mass is 268 g/mol. The van der Waals surface area contributed by atoms with E-state index in [-0.39, 0.29) is 6.04 Å². The van der Waals surface area contributed by atoms with Crippen LogP contribution in [0.5, 0.6) is 0 Å². The third-order valence-electron chi connectivity index (χ3n) is 3.32. The molecule has 0 aromatic heterocycles. The molecule has 1 aromatic carbocycles. The van der Waals surface area contributed by atoms with E-state index in [1.807, 2.05) is 0 Å². The van der Waals surface area contributed by atoms with Crippen LogP contribution < -0.4 is 5.73 Å². The van der Waals surface area contributed by atoms with Crippen molar-refractivity contribution >= 4 is 11.8 Å². The van der Waals surface area contributed by atoms with E-state index in [4.69, 9.17) is 10.5 Å². The molecule has 0 heterocycles. The first-order valence-corrected chi connectivity index (χ1v) is 7.41. The summed E-state index contributed by atoms with van der Waals surface area (Å²) in [5.41, 5.74) is 7.19. The molecule has 0 saturated carbocycles. The molecule has 102 valence electrons. The molecule has 0 fully saturated rings. The number of hydrogen-bond acceptors (Lipinski definition) is 4. The molecule has 0 aliphatic heterocycles. The quantitative estimate of drug-likeness (QED) is 0.771. The molecule has 2 atom stereocenters. The number of thioether (sulfide) groups is 1. The number of nitrogens with zero attached hydrogens (tertiary/aromatic N) is 1. The van der Waals surface area contributed by atoms with Crippen LogP contribution in [-0.4, -0.2) is 44.5 Å². The summed E-state index contributed by atoms with van der Waals surface area (Å²) >= 11 is 1.75. The molecular weight excluding hydrogens is 244 g/mol. The van der Waals surface area contributed by atoms with Crippen molar-refractivity contribution in [3.8, 4) is 0 Å². The molecule has 0 bridgehead atoms. The second kappa shape index (κ2) is 7.79. The first kappa shape index (κ1) is 15.5. The summed E-state index contributed by atoms with van der Waals surface area (Å²) in [6.07, 6.45) is 2.09. The van der Waals surface area contributed by atoms with Crippen molar-refractivity contribution in [2.24, 2.45) is 5.73 Å². The van der Waals surface area contributed by atoms with Crippen LogP contribution in [0.3, 0.4) is 0 Å². The van der Waals surface area contributed by atoms with Crippen LogP contribution >= 0.6 is 11.8 Å². The SMILES string of the molecule is COCC(C)N(C)C(CN)c1ccc(SC)cc1. The summed E-state index contributed by atoms with van der Waals surface area (Å²) in [6, 6.07) is 9.23. The van der Waals surface area contributed by atoms with E-state index in [1.165, 1.54) is 10.5 Å². The van der Waals surface area contributed by atoms with Gasteiger partial charge in [-0.3, -0.25) is 4.90 Å². The Bertz CT molecular complexity index is 342. The molecular formula is C14H24N2OS. The fraction of sp³-hybridized carbons (Fsp3) is 0.571. The summed E-state index contributed by atoms with van der Waals surface area (Å²) in [5.74, 6) is 0. The molecule has 2 N–H and O–H groups in total. The molecule has 0 radical (unpaired) electrons. The summed E-state index contributed by atoms with van der Waals surface area (Å²) in [4.78, 5) is 3.56. The van der Waals surface area contributed by atoms with Gasteiger partial charge >= 0.3 is 0 Å². The maximum atomic E-state index is 5.92. The molecule has 4 heteroatoms. The Labute approximate surface area is 115 Å². The second-order valence-electron chi connectivity index (χ2n) is 4.49. The largest absolute Gasteiger partial charge is 0.383 e. The minimum atomic E-state index is 0.242. The van der Waals surface area contributed by atoms with Crippen molar-refractivity contribution in [1.82, 2.24) is 4.90 Å². The van der Waals surface area contributed by atoms with Crippen LogP contribution in [-0.2, 0) is 4.74 Å². The van der Waals surface area contributed by atoms with Gasteiger partial charge in [-0.05, 0) is 37.9 Å². The fourth-order valence-corrected chi connectivity index (χ4v) is 2.44. The zero-order chi connectivity index (χ0) is 13.5. The molecule has 0 amide bonds. The van der Waals surface area contributed by atoms with Crippen LogP contribution in [0.25, 0.3) is 0 Å². The van der Waals surface area contributed by atoms with Gasteiger partial charge in [0.15, 0.2) is 0 Å². The number of hydrogen-bond donors (Lipinski definition) is 1. The third kappa shape index (κ3) is 3.99. The van der Waals surface area contributed by atoms with Gasteiger partial charge in [0.1, 0.15) is 0 Å². The molecule has 3 nitrogen and oxygen atoms in total. The van der Waals surface area contributed by atoms with Gasteiger partial charge in [-0.25, -0.2) is 0 Å². The Morgan fingerprint density at radius 2 is 1.94 bits per heavy atom. The first-order valence-electron chi connectivity index (χ1n) is 6.19. The highest BCUT2D eigenvalue weighted by Gasteiger charge is 2.20. The van der Waals surface area contributed by atoms with Gasteiger partial charge in [-0.2, -0.15) is 0 Å². The maximum absolute atomic E-state index is 5.92. The molecule has 0 aliphatic carbocycles. The van der Waals surface area contributed by atoms with Crippen molar-refractivity contribution < 1.29 is 4.74 Å². The number of likely N-dealkylation sites (N-methyl/N-ethyl adjacent to an activating group) is 1. The lowest BCUT2D eigenvalue weighted by atomic mass is 10.0. The molecule has 1 aromatic rings. The number of nitrogens with two attached hydrogens (primary N) is 1. The molecule has 1 rings (SSSR count). The van der Waals surface area contributed by atoms with Crippen molar-refractivity contribution in [3.63, 3.8) is 0 Å². The van der Waals surface area contributed by atoms with Gasteiger partial charge in [0.2, 0.25) is 0 Å². The van der Waals surface area contributed by atoms with E-state index >= 15 is 0 Å². The molecule has 0 spiro atoms. The van der Waals surface area contributed by atoms with E-state index in [2.05, 4.69) is 49.4 Å². The molecule has 0 aliphatic rings. The predicted octanol–water partition coefficient (Wildman–Crippen LogP) is 2.38. The first-order chi connectivity index (χ1) is 8.63. The van der Waals surface area contributed by atoms with Gasteiger partial charge in [0.25, 0.3) is 0 Å². The van der Waals surface area contributed by atoms with Crippen molar-refractivity contribution in [2.45, 2.75) is 23.9 Å². The summed E-state index contributed by atoms with van der Waals surface area (Å²) < 4.78 is 5.21. The van der Waals surface area contributed by atoms with Crippen LogP contribution in [0.1, 0.15) is 18.5 Å². The highest BCUT2D eigenvalue weighted by Crippen LogP contribution is 2.23. The highest BCUT2D eigenvalue weighted by molar-refractivity contribution is 7.98. The number of benzene rings is 1. The number of ether oxygens (including phenoxy) is 1. The number of methoxy groups -OCH3 is 1. The summed E-state index contributed by atoms with van der Waals surface area (Å²) in [5, 5.41) is 0. The standard InChI is InChI=1S/C14H24N2OS/c1-11(10-17-3)16(2)14(9-15)12-5-7-13(18-4)8-6-12/h5-8,11,14H,9-10,15H2,1-4H3. The lowest BCUT2D eigenvalue weighted by Gasteiger charge is -2.32. The van der Waals surface area contributed by atoms with Gasteiger partial charge < -0.3 is 10.5 Å². The molecule has 2 unspecified atom stereocenters. The highest BCUT2D eigenvalue weighted by atomic mass is 32.2. The van der Waals surface area contributed by atoms with Gasteiger partial charge in [-0.1, -0.05) is 12.1 Å². The fourth-order valence-electron chi connectivity index (χ4n) is 2.03. The molecule has 18 heavy (non-hydrogen) atoms. The maximum Gasteiger partial charge on any atom is 0.0615 e. The van der Waals surface area contributed by atoms with Crippen LogP contribution in [0.15, 0.2) is 29.2 Å². The molecule has 0 saturated heterocycles.